The second-order valence-electron chi connectivity index (χ2n) is 7.21. The normalized spacial score (nSPS) is 11.0. The molecule has 0 unspecified atom stereocenters. The Morgan fingerprint density at radius 1 is 1.07 bits per heavy atom. The van der Waals surface area contributed by atoms with Crippen molar-refractivity contribution in [1.82, 2.24) is 4.98 Å². The number of rotatable bonds is 5. The number of nitrogens with one attached hydrogen (secondary N) is 1. The van der Waals surface area contributed by atoms with Crippen LogP contribution >= 0.6 is 0 Å². The molecule has 0 aliphatic rings. The highest BCUT2D eigenvalue weighted by molar-refractivity contribution is 6.07. The molecule has 0 spiro atoms. The number of fused-ring (bicyclic) bond motifs is 1. The van der Waals surface area contributed by atoms with Crippen molar-refractivity contribution in [3.05, 3.63) is 88.0 Å². The van der Waals surface area contributed by atoms with Crippen LogP contribution in [0.3, 0.4) is 0 Å². The molecule has 7 heteroatoms. The van der Waals surface area contributed by atoms with Gasteiger partial charge in [-0.3, -0.25) is 14.9 Å². The van der Waals surface area contributed by atoms with Gasteiger partial charge in [-0.15, -0.1) is 0 Å². The summed E-state index contributed by atoms with van der Waals surface area (Å²) in [7, 11) is 0. The molecule has 0 bridgehead atoms. The number of nitrogens with zero attached hydrogens (tertiary/aromatic N) is 2. The first-order chi connectivity index (χ1) is 14.4. The molecule has 0 radical (unpaired) electrons. The van der Waals surface area contributed by atoms with Gasteiger partial charge in [0.1, 0.15) is 11.1 Å². The Morgan fingerprint density at radius 3 is 2.63 bits per heavy atom. The van der Waals surface area contributed by atoms with E-state index < -0.39 is 10.8 Å². The molecule has 0 saturated heterocycles. The van der Waals surface area contributed by atoms with Crippen molar-refractivity contribution in [2.24, 2.45) is 0 Å². The van der Waals surface area contributed by atoms with Crippen molar-refractivity contribution < 1.29 is 14.1 Å². The van der Waals surface area contributed by atoms with E-state index in [0.717, 1.165) is 5.52 Å². The van der Waals surface area contributed by atoms with E-state index >= 15 is 0 Å². The quantitative estimate of drug-likeness (QED) is 0.338. The number of nitro groups is 1. The summed E-state index contributed by atoms with van der Waals surface area (Å²) in [5.74, 6) is 0.265. The summed E-state index contributed by atoms with van der Waals surface area (Å²) in [5, 5.41) is 13.9. The first-order valence-electron chi connectivity index (χ1n) is 9.48. The molecule has 0 atom stereocenters. The van der Waals surface area contributed by atoms with Gasteiger partial charge in [-0.2, -0.15) is 0 Å². The van der Waals surface area contributed by atoms with Gasteiger partial charge in [0.25, 0.3) is 11.6 Å². The summed E-state index contributed by atoms with van der Waals surface area (Å²) in [4.78, 5) is 27.7. The molecule has 30 heavy (non-hydrogen) atoms. The van der Waals surface area contributed by atoms with Crippen molar-refractivity contribution in [2.45, 2.75) is 19.8 Å². The lowest BCUT2D eigenvalue weighted by Gasteiger charge is -2.06. The molecule has 1 heterocycles. The van der Waals surface area contributed by atoms with E-state index in [2.05, 4.69) is 24.1 Å². The molecule has 3 aromatic carbocycles. The predicted molar refractivity (Wildman–Crippen MR) is 115 cm³/mol. The average molecular weight is 401 g/mol. The zero-order valence-electron chi connectivity index (χ0n) is 16.5. The number of nitro benzene ring substituents is 1. The second-order valence-corrected chi connectivity index (χ2v) is 7.21. The lowest BCUT2D eigenvalue weighted by atomic mass is 10.0. The Morgan fingerprint density at radius 2 is 1.87 bits per heavy atom. The molecular formula is C23H19N3O4. The Hall–Kier alpha value is -4.00. The van der Waals surface area contributed by atoms with Gasteiger partial charge in [0.05, 0.1) is 4.92 Å². The maximum atomic E-state index is 12.6. The van der Waals surface area contributed by atoms with Gasteiger partial charge < -0.3 is 9.73 Å². The lowest BCUT2D eigenvalue weighted by molar-refractivity contribution is -0.385. The number of hydrogen-bond acceptors (Lipinski definition) is 5. The number of para-hydroxylation sites is 1. The molecule has 4 aromatic rings. The zero-order chi connectivity index (χ0) is 21.3. The van der Waals surface area contributed by atoms with E-state index in [0.29, 0.717) is 28.6 Å². The predicted octanol–water partition coefficient (Wildman–Crippen LogP) is 5.78. The number of carbonyl (C=O) groups excluding carboxylic acids is 1. The zero-order valence-corrected chi connectivity index (χ0v) is 16.5. The summed E-state index contributed by atoms with van der Waals surface area (Å²) in [6, 6.07) is 18.8. The maximum Gasteiger partial charge on any atom is 0.282 e. The summed E-state index contributed by atoms with van der Waals surface area (Å²) >= 11 is 0. The number of carbonyl (C=O) groups is 1. The minimum atomic E-state index is -0.574. The largest absolute Gasteiger partial charge is 0.436 e. The second kappa shape index (κ2) is 7.79. The SMILES string of the molecule is CC(C)c1ccc2oc(-c3cccc(NC(=O)c4ccccc4[N+](=O)[O-])c3)nc2c1. The fourth-order valence-corrected chi connectivity index (χ4v) is 3.18. The molecule has 0 aliphatic heterocycles. The van der Waals surface area contributed by atoms with Crippen LogP contribution in [0.1, 0.15) is 35.7 Å². The smallest absolute Gasteiger partial charge is 0.282 e. The van der Waals surface area contributed by atoms with Crippen LogP contribution < -0.4 is 5.32 Å². The van der Waals surface area contributed by atoms with Gasteiger partial charge in [0, 0.05) is 17.3 Å². The number of oxazole rings is 1. The standard InChI is InChI=1S/C23H19N3O4/c1-14(2)15-10-11-21-19(13-15)25-23(30-21)16-6-5-7-17(12-16)24-22(27)18-8-3-4-9-20(18)26(28)29/h3-14H,1-2H3,(H,24,27). The summed E-state index contributed by atoms with van der Waals surface area (Å²) < 4.78 is 5.87. The lowest BCUT2D eigenvalue weighted by Crippen LogP contribution is -2.13. The van der Waals surface area contributed by atoms with Gasteiger partial charge in [-0.05, 0) is 47.9 Å². The van der Waals surface area contributed by atoms with Gasteiger partial charge in [-0.1, -0.05) is 38.1 Å². The van der Waals surface area contributed by atoms with E-state index in [1.165, 1.54) is 23.8 Å². The van der Waals surface area contributed by atoms with Crippen LogP contribution in [0.2, 0.25) is 0 Å². The summed E-state index contributed by atoms with van der Waals surface area (Å²) in [6.07, 6.45) is 0. The Kier molecular flexibility index (Phi) is 5.02. The van der Waals surface area contributed by atoms with Crippen LogP contribution in [-0.4, -0.2) is 15.8 Å². The van der Waals surface area contributed by atoms with Gasteiger partial charge in [-0.25, -0.2) is 4.98 Å². The third kappa shape index (κ3) is 3.77. The summed E-state index contributed by atoms with van der Waals surface area (Å²) in [6.45, 7) is 4.23. The number of amides is 1. The van der Waals surface area contributed by atoms with E-state index in [9.17, 15) is 14.9 Å². The van der Waals surface area contributed by atoms with Crippen molar-refractivity contribution in [2.75, 3.05) is 5.32 Å². The molecule has 0 saturated carbocycles. The van der Waals surface area contributed by atoms with Gasteiger partial charge in [0.2, 0.25) is 5.89 Å². The van der Waals surface area contributed by atoms with E-state index in [1.807, 2.05) is 24.3 Å². The fourth-order valence-electron chi connectivity index (χ4n) is 3.18. The highest BCUT2D eigenvalue weighted by Crippen LogP contribution is 2.28. The topological polar surface area (TPSA) is 98.3 Å². The minimum absolute atomic E-state index is 0.00372. The third-order valence-corrected chi connectivity index (χ3v) is 4.79. The Balaban J connectivity index is 1.63. The van der Waals surface area contributed by atoms with Crippen molar-refractivity contribution in [3.63, 3.8) is 0 Å². The van der Waals surface area contributed by atoms with Crippen molar-refractivity contribution in [1.29, 1.82) is 0 Å². The average Bonchev–Trinajstić information content (AvgIpc) is 3.17. The highest BCUT2D eigenvalue weighted by atomic mass is 16.6. The fraction of sp³-hybridized carbons (Fsp3) is 0.130. The molecular weight excluding hydrogens is 382 g/mol. The van der Waals surface area contributed by atoms with Crippen LogP contribution in [-0.2, 0) is 0 Å². The van der Waals surface area contributed by atoms with Crippen LogP contribution in [0, 0.1) is 10.1 Å². The van der Waals surface area contributed by atoms with Crippen molar-refractivity contribution >= 4 is 28.4 Å². The molecule has 150 valence electrons. The molecule has 7 nitrogen and oxygen atoms in total. The van der Waals surface area contributed by atoms with Gasteiger partial charge >= 0.3 is 0 Å². The molecule has 1 amide bonds. The third-order valence-electron chi connectivity index (χ3n) is 4.79. The van der Waals surface area contributed by atoms with E-state index in [-0.39, 0.29) is 11.3 Å². The summed E-state index contributed by atoms with van der Waals surface area (Å²) in [5.41, 5.74) is 3.56. The van der Waals surface area contributed by atoms with Crippen LogP contribution in [0.25, 0.3) is 22.6 Å². The molecule has 0 aliphatic carbocycles. The molecule has 4 rings (SSSR count). The molecule has 0 fully saturated rings. The monoisotopic (exact) mass is 401 g/mol. The molecule has 1 N–H and O–H groups in total. The highest BCUT2D eigenvalue weighted by Gasteiger charge is 2.19. The Labute approximate surface area is 172 Å². The number of benzene rings is 3. The molecule has 1 aromatic heterocycles. The van der Waals surface area contributed by atoms with Crippen LogP contribution in [0.4, 0.5) is 11.4 Å². The van der Waals surface area contributed by atoms with E-state index in [4.69, 9.17) is 4.42 Å². The Bertz CT molecular complexity index is 1260. The van der Waals surface area contributed by atoms with Crippen LogP contribution in [0.5, 0.6) is 0 Å². The number of aromatic nitrogens is 1. The first kappa shape index (κ1) is 19.3. The van der Waals surface area contributed by atoms with E-state index in [1.54, 1.807) is 24.3 Å². The van der Waals surface area contributed by atoms with Gasteiger partial charge in [0.15, 0.2) is 5.58 Å². The first-order valence-corrected chi connectivity index (χ1v) is 9.48. The minimum Gasteiger partial charge on any atom is -0.436 e. The number of hydrogen-bond donors (Lipinski definition) is 1. The van der Waals surface area contributed by atoms with Crippen molar-refractivity contribution in [3.8, 4) is 11.5 Å². The number of anilines is 1. The van der Waals surface area contributed by atoms with Crippen LogP contribution in [0.15, 0.2) is 71.1 Å². The maximum absolute atomic E-state index is 12.6.